The number of primary amides is 1. The molecule has 0 radical (unpaired) electrons. The van der Waals surface area contributed by atoms with E-state index in [9.17, 15) is 21.6 Å². The molecular formula is C23H22N2O7S2. The number of carbonyl (C=O) groups is 1. The molecule has 1 amide bonds. The number of benzene rings is 3. The first-order chi connectivity index (χ1) is 16.1. The van der Waals surface area contributed by atoms with Crippen LogP contribution < -0.4 is 10.5 Å². The van der Waals surface area contributed by atoms with Gasteiger partial charge < -0.3 is 15.2 Å². The predicted octanol–water partition coefficient (Wildman–Crippen LogP) is 3.22. The van der Waals surface area contributed by atoms with Gasteiger partial charge in [0.2, 0.25) is 10.0 Å². The number of sulfone groups is 1. The molecule has 0 spiro atoms. The topological polar surface area (TPSA) is 133 Å². The molecule has 1 aliphatic rings. The molecule has 3 aromatic rings. The van der Waals surface area contributed by atoms with E-state index in [1.54, 1.807) is 12.1 Å². The van der Waals surface area contributed by atoms with Crippen molar-refractivity contribution in [3.63, 3.8) is 0 Å². The average Bonchev–Trinajstić information content (AvgIpc) is 2.79. The summed E-state index contributed by atoms with van der Waals surface area (Å²) in [6, 6.07) is 18.7. The number of sulfonamides is 1. The van der Waals surface area contributed by atoms with Gasteiger partial charge in [-0.15, -0.1) is 0 Å². The van der Waals surface area contributed by atoms with Crippen LogP contribution >= 0.6 is 0 Å². The van der Waals surface area contributed by atoms with Crippen LogP contribution in [0.3, 0.4) is 0 Å². The maximum Gasteiger partial charge on any atom is 0.406 e. The number of nitrogens with two attached hydrogens (primary N) is 1. The highest BCUT2D eigenvalue weighted by atomic mass is 32.2. The van der Waals surface area contributed by atoms with Crippen molar-refractivity contribution in [1.29, 1.82) is 0 Å². The van der Waals surface area contributed by atoms with Gasteiger partial charge in [0.15, 0.2) is 16.1 Å². The fourth-order valence-electron chi connectivity index (χ4n) is 3.69. The Morgan fingerprint density at radius 3 is 2.00 bits per heavy atom. The van der Waals surface area contributed by atoms with Crippen molar-refractivity contribution in [3.05, 3.63) is 83.9 Å². The quantitative estimate of drug-likeness (QED) is 0.547. The van der Waals surface area contributed by atoms with E-state index in [0.717, 1.165) is 16.1 Å². The third kappa shape index (κ3) is 4.91. The van der Waals surface area contributed by atoms with Crippen LogP contribution in [0.2, 0.25) is 0 Å². The van der Waals surface area contributed by atoms with Crippen LogP contribution in [0.5, 0.6) is 11.5 Å². The molecule has 0 unspecified atom stereocenters. The Hall–Kier alpha value is -3.41. The van der Waals surface area contributed by atoms with Crippen molar-refractivity contribution in [2.24, 2.45) is 5.73 Å². The first kappa shape index (κ1) is 23.7. The Balaban J connectivity index is 1.57. The van der Waals surface area contributed by atoms with E-state index < -0.39 is 32.2 Å². The largest absolute Gasteiger partial charge is 0.457 e. The number of fused-ring (bicyclic) bond motifs is 1. The van der Waals surface area contributed by atoms with E-state index in [4.69, 9.17) is 15.2 Å². The fourth-order valence-corrected chi connectivity index (χ4v) is 5.81. The van der Waals surface area contributed by atoms with Crippen molar-refractivity contribution in [1.82, 2.24) is 4.31 Å². The molecule has 34 heavy (non-hydrogen) atoms. The highest BCUT2D eigenvalue weighted by molar-refractivity contribution is 7.90. The minimum atomic E-state index is -4.03. The lowest BCUT2D eigenvalue weighted by atomic mass is 10.00. The van der Waals surface area contributed by atoms with Crippen LogP contribution in [-0.4, -0.2) is 40.0 Å². The van der Waals surface area contributed by atoms with Gasteiger partial charge in [-0.2, -0.15) is 4.31 Å². The molecule has 3 aromatic carbocycles. The molecule has 1 aliphatic heterocycles. The minimum Gasteiger partial charge on any atom is -0.457 e. The summed E-state index contributed by atoms with van der Waals surface area (Å²) in [6.45, 7) is 0.113. The molecule has 4 rings (SSSR count). The summed E-state index contributed by atoms with van der Waals surface area (Å²) in [7, 11) is -7.35. The van der Waals surface area contributed by atoms with Crippen LogP contribution in [0.4, 0.5) is 4.79 Å². The van der Waals surface area contributed by atoms with Gasteiger partial charge in [-0.05, 0) is 60.5 Å². The van der Waals surface area contributed by atoms with Crippen molar-refractivity contribution in [2.75, 3.05) is 12.8 Å². The standard InChI is InChI=1S/C23H22N2O7S2/c1-33(27,28)19-10-6-17(7-11-19)31-18-8-12-20(13-9-18)34(29,30)25-15-14-16-4-2-3-5-21(16)22(25)32-23(24)26/h2-13,22H,14-15H2,1H3,(H2,24,26)/t22-/m1/s1. The highest BCUT2D eigenvalue weighted by Gasteiger charge is 2.38. The summed E-state index contributed by atoms with van der Waals surface area (Å²) in [5.74, 6) is 0.755. The van der Waals surface area contributed by atoms with Crippen LogP contribution in [0, 0.1) is 0 Å². The summed E-state index contributed by atoms with van der Waals surface area (Å²) >= 11 is 0. The van der Waals surface area contributed by atoms with Crippen LogP contribution in [-0.2, 0) is 31.0 Å². The number of hydrogen-bond donors (Lipinski definition) is 1. The molecule has 0 bridgehead atoms. The molecule has 9 nitrogen and oxygen atoms in total. The number of rotatable bonds is 6. The Labute approximate surface area is 197 Å². The van der Waals surface area contributed by atoms with Crippen molar-refractivity contribution >= 4 is 26.0 Å². The third-order valence-electron chi connectivity index (χ3n) is 5.33. The van der Waals surface area contributed by atoms with Crippen molar-refractivity contribution in [2.45, 2.75) is 22.4 Å². The smallest absolute Gasteiger partial charge is 0.406 e. The fraction of sp³-hybridized carbons (Fsp3) is 0.174. The zero-order valence-electron chi connectivity index (χ0n) is 18.1. The second-order valence-electron chi connectivity index (χ2n) is 7.67. The number of hydrogen-bond acceptors (Lipinski definition) is 7. The summed E-state index contributed by atoms with van der Waals surface area (Å²) in [5.41, 5.74) is 6.66. The second-order valence-corrected chi connectivity index (χ2v) is 11.6. The van der Waals surface area contributed by atoms with Gasteiger partial charge >= 0.3 is 6.09 Å². The van der Waals surface area contributed by atoms with Gasteiger partial charge in [-0.1, -0.05) is 24.3 Å². The lowest BCUT2D eigenvalue weighted by Crippen LogP contribution is -2.42. The van der Waals surface area contributed by atoms with Gasteiger partial charge in [0.1, 0.15) is 11.5 Å². The zero-order chi connectivity index (χ0) is 24.5. The lowest BCUT2D eigenvalue weighted by Gasteiger charge is -2.35. The van der Waals surface area contributed by atoms with E-state index in [1.807, 2.05) is 12.1 Å². The Morgan fingerprint density at radius 2 is 1.44 bits per heavy atom. The highest BCUT2D eigenvalue weighted by Crippen LogP contribution is 2.35. The SMILES string of the molecule is CS(=O)(=O)c1ccc(Oc2ccc(S(=O)(=O)N3CCc4ccccc4[C@H]3OC(N)=O)cc2)cc1. The number of carbonyl (C=O) groups excluding carboxylic acids is 1. The summed E-state index contributed by atoms with van der Waals surface area (Å²) in [5, 5.41) is 0. The number of nitrogens with zero attached hydrogens (tertiary/aromatic N) is 1. The summed E-state index contributed by atoms with van der Waals surface area (Å²) in [4.78, 5) is 11.7. The molecule has 1 heterocycles. The zero-order valence-corrected chi connectivity index (χ0v) is 19.8. The summed E-state index contributed by atoms with van der Waals surface area (Å²) in [6.07, 6.45) is -0.676. The van der Waals surface area contributed by atoms with Crippen LogP contribution in [0.25, 0.3) is 0 Å². The molecule has 11 heteroatoms. The number of amides is 1. The second kappa shape index (κ2) is 9.09. The van der Waals surface area contributed by atoms with Crippen LogP contribution in [0.15, 0.2) is 82.6 Å². The maximum absolute atomic E-state index is 13.4. The van der Waals surface area contributed by atoms with Gasteiger partial charge in [0.05, 0.1) is 9.79 Å². The first-order valence-corrected chi connectivity index (χ1v) is 13.5. The average molecular weight is 503 g/mol. The molecular weight excluding hydrogens is 480 g/mol. The van der Waals surface area contributed by atoms with E-state index in [-0.39, 0.29) is 16.3 Å². The molecule has 0 fully saturated rings. The molecule has 0 saturated heterocycles. The Kier molecular flexibility index (Phi) is 6.34. The lowest BCUT2D eigenvalue weighted by molar-refractivity contribution is 0.0295. The van der Waals surface area contributed by atoms with E-state index in [1.165, 1.54) is 48.5 Å². The maximum atomic E-state index is 13.4. The normalized spacial score (nSPS) is 16.4. The Morgan fingerprint density at radius 1 is 0.882 bits per heavy atom. The van der Waals surface area contributed by atoms with Gasteiger partial charge in [-0.3, -0.25) is 0 Å². The van der Waals surface area contributed by atoms with Gasteiger partial charge in [0, 0.05) is 18.4 Å². The van der Waals surface area contributed by atoms with E-state index >= 15 is 0 Å². The van der Waals surface area contributed by atoms with E-state index in [2.05, 4.69) is 0 Å². The number of ether oxygens (including phenoxy) is 2. The monoisotopic (exact) mass is 502 g/mol. The van der Waals surface area contributed by atoms with Gasteiger partial charge in [0.25, 0.3) is 0 Å². The molecule has 178 valence electrons. The third-order valence-corrected chi connectivity index (χ3v) is 8.32. The molecule has 1 atom stereocenters. The predicted molar refractivity (Wildman–Crippen MR) is 124 cm³/mol. The first-order valence-electron chi connectivity index (χ1n) is 10.2. The molecule has 0 saturated carbocycles. The van der Waals surface area contributed by atoms with E-state index in [0.29, 0.717) is 23.5 Å². The molecule has 0 aromatic heterocycles. The van der Waals surface area contributed by atoms with Crippen molar-refractivity contribution < 1.29 is 31.1 Å². The molecule has 2 N–H and O–H groups in total. The minimum absolute atomic E-state index is 0.00951. The van der Waals surface area contributed by atoms with Crippen LogP contribution in [0.1, 0.15) is 17.4 Å². The summed E-state index contributed by atoms with van der Waals surface area (Å²) < 4.78 is 61.9. The Bertz CT molecular complexity index is 1420. The molecule has 0 aliphatic carbocycles. The van der Waals surface area contributed by atoms with Gasteiger partial charge in [-0.25, -0.2) is 21.6 Å². The van der Waals surface area contributed by atoms with Crippen molar-refractivity contribution in [3.8, 4) is 11.5 Å².